The van der Waals surface area contributed by atoms with Gasteiger partial charge in [0.05, 0.1) is 15.6 Å². The van der Waals surface area contributed by atoms with Gasteiger partial charge in [0.1, 0.15) is 6.17 Å². The van der Waals surface area contributed by atoms with Gasteiger partial charge in [0.15, 0.2) is 0 Å². The van der Waals surface area contributed by atoms with Crippen LogP contribution in [0.4, 0.5) is 4.39 Å². The van der Waals surface area contributed by atoms with E-state index < -0.39 is 6.17 Å². The van der Waals surface area contributed by atoms with Gasteiger partial charge < -0.3 is 15.5 Å². The smallest absolute Gasteiger partial charge is 0.261 e. The summed E-state index contributed by atoms with van der Waals surface area (Å²) in [4.78, 5) is 32.3. The highest BCUT2D eigenvalue weighted by atomic mass is 32.1. The third-order valence-corrected chi connectivity index (χ3v) is 9.05. The van der Waals surface area contributed by atoms with Crippen molar-refractivity contribution in [2.45, 2.75) is 76.0 Å². The predicted octanol–water partition coefficient (Wildman–Crippen LogP) is 4.30. The largest absolute Gasteiger partial charge is 0.351 e. The lowest BCUT2D eigenvalue weighted by Crippen LogP contribution is -2.48. The maximum absolute atomic E-state index is 13.7. The number of nitrogens with one attached hydrogen (secondary N) is 2. The number of rotatable bonds is 7. The van der Waals surface area contributed by atoms with Gasteiger partial charge in [-0.2, -0.15) is 0 Å². The van der Waals surface area contributed by atoms with E-state index in [1.807, 2.05) is 17.0 Å². The molecule has 0 bridgehead atoms. The van der Waals surface area contributed by atoms with Gasteiger partial charge in [-0.15, -0.1) is 11.3 Å². The summed E-state index contributed by atoms with van der Waals surface area (Å²) in [6.07, 6.45) is 11.1. The van der Waals surface area contributed by atoms with Crippen LogP contribution in [0.2, 0.25) is 0 Å². The summed E-state index contributed by atoms with van der Waals surface area (Å²) < 4.78 is 14.7. The lowest BCUT2D eigenvalue weighted by Gasteiger charge is -2.33. The van der Waals surface area contributed by atoms with Crippen LogP contribution in [0.15, 0.2) is 24.5 Å². The number of nitrogens with zero attached hydrogens (tertiary/aromatic N) is 2. The first-order valence-electron chi connectivity index (χ1n) is 12.9. The summed E-state index contributed by atoms with van der Waals surface area (Å²) in [5.74, 6) is 1.20. The number of halogens is 1. The number of hydrogen-bond donors (Lipinski definition) is 2. The Kier molecular flexibility index (Phi) is 7.44. The third kappa shape index (κ3) is 5.43. The van der Waals surface area contributed by atoms with Gasteiger partial charge in [0.2, 0.25) is 5.91 Å². The van der Waals surface area contributed by atoms with E-state index in [0.29, 0.717) is 37.3 Å². The second-order valence-corrected chi connectivity index (χ2v) is 11.4. The van der Waals surface area contributed by atoms with Crippen molar-refractivity contribution < 1.29 is 14.0 Å². The molecule has 6 nitrogen and oxygen atoms in total. The maximum atomic E-state index is 13.7. The number of fused-ring (bicyclic) bond motifs is 2. The molecule has 3 fully saturated rings. The van der Waals surface area contributed by atoms with Crippen LogP contribution < -0.4 is 10.6 Å². The molecule has 34 heavy (non-hydrogen) atoms. The topological polar surface area (TPSA) is 74.3 Å². The molecule has 0 aromatic carbocycles. The van der Waals surface area contributed by atoms with Crippen molar-refractivity contribution in [3.63, 3.8) is 0 Å². The summed E-state index contributed by atoms with van der Waals surface area (Å²) in [5, 5.41) is 7.61. The van der Waals surface area contributed by atoms with E-state index in [9.17, 15) is 14.0 Å². The van der Waals surface area contributed by atoms with Crippen LogP contribution in [-0.4, -0.2) is 59.6 Å². The summed E-state index contributed by atoms with van der Waals surface area (Å²) in [5.41, 5.74) is 0. The minimum atomic E-state index is -0.686. The molecule has 2 aliphatic heterocycles. The molecule has 0 radical (unpaired) electrons. The number of carbonyl (C=O) groups is 2. The highest BCUT2D eigenvalue weighted by Crippen LogP contribution is 2.35. The molecular formula is C26H35FN4O2S. The lowest BCUT2D eigenvalue weighted by molar-refractivity contribution is -0.134. The van der Waals surface area contributed by atoms with Crippen molar-refractivity contribution in [3.05, 3.63) is 29.4 Å². The van der Waals surface area contributed by atoms with E-state index in [0.717, 1.165) is 73.0 Å². The molecule has 1 aliphatic carbocycles. The molecule has 4 heterocycles. The fourth-order valence-corrected chi connectivity index (χ4v) is 6.94. The van der Waals surface area contributed by atoms with Crippen LogP contribution in [0.1, 0.15) is 67.5 Å². The molecule has 2 N–H and O–H groups in total. The first-order chi connectivity index (χ1) is 16.6. The highest BCUT2D eigenvalue weighted by molar-refractivity contribution is 7.20. The Morgan fingerprint density at radius 1 is 1.18 bits per heavy atom. The Balaban J connectivity index is 0.972. The van der Waals surface area contributed by atoms with Gasteiger partial charge in [-0.3, -0.25) is 14.6 Å². The van der Waals surface area contributed by atoms with E-state index >= 15 is 0 Å². The molecule has 3 aliphatic rings. The molecule has 2 amide bonds. The molecule has 1 saturated carbocycles. The molecule has 2 aromatic rings. The maximum Gasteiger partial charge on any atom is 0.261 e. The minimum absolute atomic E-state index is 0.00424. The van der Waals surface area contributed by atoms with Crippen molar-refractivity contribution in [1.29, 1.82) is 0 Å². The van der Waals surface area contributed by atoms with Gasteiger partial charge in [-0.25, -0.2) is 4.39 Å². The number of carbonyl (C=O) groups excluding carboxylic acids is 2. The van der Waals surface area contributed by atoms with Gasteiger partial charge in [-0.1, -0.05) is 12.8 Å². The SMILES string of the molecule is O=C(NCCCCC1CCN(C(=O)C2CC3CC(F)CCC3N2)CC1)c1cc2ccncc2s1. The Hall–Kier alpha value is -2.06. The molecule has 184 valence electrons. The molecule has 5 rings (SSSR count). The second kappa shape index (κ2) is 10.7. The van der Waals surface area contributed by atoms with Gasteiger partial charge in [0, 0.05) is 38.1 Å². The van der Waals surface area contributed by atoms with Gasteiger partial charge >= 0.3 is 0 Å². The Labute approximate surface area is 204 Å². The van der Waals surface area contributed by atoms with Crippen molar-refractivity contribution in [1.82, 2.24) is 20.5 Å². The Morgan fingerprint density at radius 3 is 2.85 bits per heavy atom. The van der Waals surface area contributed by atoms with E-state index in [1.165, 1.54) is 11.3 Å². The van der Waals surface area contributed by atoms with Crippen LogP contribution in [0.25, 0.3) is 10.1 Å². The number of thiophene rings is 1. The van der Waals surface area contributed by atoms with Gasteiger partial charge in [0.25, 0.3) is 5.91 Å². The zero-order valence-electron chi connectivity index (χ0n) is 19.7. The molecule has 2 saturated heterocycles. The molecule has 4 unspecified atom stereocenters. The molecular weight excluding hydrogens is 451 g/mol. The quantitative estimate of drug-likeness (QED) is 0.572. The predicted molar refractivity (Wildman–Crippen MR) is 133 cm³/mol. The van der Waals surface area contributed by atoms with Crippen LogP contribution in [0.5, 0.6) is 0 Å². The van der Waals surface area contributed by atoms with E-state index in [2.05, 4.69) is 15.6 Å². The van der Waals surface area contributed by atoms with Crippen molar-refractivity contribution in [2.75, 3.05) is 19.6 Å². The van der Waals surface area contributed by atoms with E-state index in [1.54, 1.807) is 12.4 Å². The average molecular weight is 487 g/mol. The molecule has 0 spiro atoms. The number of amides is 2. The molecule has 8 heteroatoms. The number of alkyl halides is 1. The monoisotopic (exact) mass is 486 g/mol. The van der Waals surface area contributed by atoms with E-state index in [-0.39, 0.29) is 17.9 Å². The van der Waals surface area contributed by atoms with Crippen molar-refractivity contribution in [3.8, 4) is 0 Å². The first kappa shape index (κ1) is 23.7. The second-order valence-electron chi connectivity index (χ2n) is 10.3. The lowest BCUT2D eigenvalue weighted by atomic mass is 9.84. The number of hydrogen-bond acceptors (Lipinski definition) is 5. The van der Waals surface area contributed by atoms with Crippen LogP contribution in [0.3, 0.4) is 0 Å². The number of pyridine rings is 1. The third-order valence-electron chi connectivity index (χ3n) is 7.97. The van der Waals surface area contributed by atoms with Crippen LogP contribution >= 0.6 is 11.3 Å². The number of likely N-dealkylation sites (tertiary alicyclic amines) is 1. The highest BCUT2D eigenvalue weighted by Gasteiger charge is 2.42. The fourth-order valence-electron chi connectivity index (χ4n) is 5.99. The standard InChI is InChI=1S/C26H35FN4O2S/c27-20-4-5-21-19(13-20)14-22(30-21)26(33)31-11-7-17(8-12-31)3-1-2-9-29-25(32)23-15-18-6-10-28-16-24(18)34-23/h6,10,15-17,19-22,30H,1-5,7-9,11-14H2,(H,29,32). The Bertz CT molecular complexity index is 973. The zero-order chi connectivity index (χ0) is 23.5. The number of aromatic nitrogens is 1. The first-order valence-corrected chi connectivity index (χ1v) is 13.7. The van der Waals surface area contributed by atoms with Crippen LogP contribution in [-0.2, 0) is 4.79 Å². The van der Waals surface area contributed by atoms with Crippen molar-refractivity contribution in [2.24, 2.45) is 11.8 Å². The Morgan fingerprint density at radius 2 is 2.03 bits per heavy atom. The summed E-state index contributed by atoms with van der Waals surface area (Å²) in [6.45, 7) is 2.36. The van der Waals surface area contributed by atoms with Gasteiger partial charge in [-0.05, 0) is 74.3 Å². The molecule has 2 aromatic heterocycles. The zero-order valence-corrected chi connectivity index (χ0v) is 20.5. The summed E-state index contributed by atoms with van der Waals surface area (Å²) in [6, 6.07) is 4.07. The number of unbranched alkanes of at least 4 members (excludes halogenated alkanes) is 1. The number of piperidine rings is 1. The fraction of sp³-hybridized carbons (Fsp3) is 0.654. The van der Waals surface area contributed by atoms with Crippen LogP contribution in [0, 0.1) is 11.8 Å². The minimum Gasteiger partial charge on any atom is -0.351 e. The normalized spacial score (nSPS) is 27.6. The van der Waals surface area contributed by atoms with Crippen molar-refractivity contribution >= 4 is 33.2 Å². The average Bonchev–Trinajstić information content (AvgIpc) is 3.47. The van der Waals surface area contributed by atoms with E-state index in [4.69, 9.17) is 0 Å². The summed E-state index contributed by atoms with van der Waals surface area (Å²) >= 11 is 1.48. The molecule has 4 atom stereocenters. The summed E-state index contributed by atoms with van der Waals surface area (Å²) in [7, 11) is 0.